The van der Waals surface area contributed by atoms with E-state index < -0.39 is 33.4 Å². The van der Waals surface area contributed by atoms with Gasteiger partial charge in [-0.1, -0.05) is 12.1 Å². The van der Waals surface area contributed by atoms with Crippen LogP contribution < -0.4 is 9.46 Å². The molecular weight excluding hydrogens is 272 g/mol. The maximum absolute atomic E-state index is 12.1. The summed E-state index contributed by atoms with van der Waals surface area (Å²) in [5, 5.41) is 0. The number of carbonyl (C=O) groups is 1. The highest BCUT2D eigenvalue weighted by atomic mass is 32.2. The molecule has 1 aromatic carbocycles. The van der Waals surface area contributed by atoms with Gasteiger partial charge in [-0.2, -0.15) is 8.78 Å². The van der Waals surface area contributed by atoms with E-state index in [1.807, 2.05) is 0 Å². The van der Waals surface area contributed by atoms with E-state index in [1.165, 1.54) is 16.9 Å². The van der Waals surface area contributed by atoms with Gasteiger partial charge in [-0.25, -0.2) is 17.9 Å². The second-order valence-electron chi connectivity index (χ2n) is 2.92. The van der Waals surface area contributed by atoms with Crippen molar-refractivity contribution in [3.05, 3.63) is 24.3 Å². The molecule has 0 saturated carbocycles. The highest BCUT2D eigenvalue weighted by Gasteiger charge is 2.23. The second kappa shape index (κ2) is 5.63. The standard InChI is InChI=1S/C9H9F2NO5S/c1-16-9(13)12-18(14,15)7-5-3-2-4-6(7)17-8(10)11/h2-5,8H,1H3,(H,12,13). The second-order valence-corrected chi connectivity index (χ2v) is 4.57. The Hall–Kier alpha value is -1.90. The number of ether oxygens (including phenoxy) is 2. The quantitative estimate of drug-likeness (QED) is 0.900. The van der Waals surface area contributed by atoms with Gasteiger partial charge in [0.05, 0.1) is 7.11 Å². The first-order valence-electron chi connectivity index (χ1n) is 4.51. The summed E-state index contributed by atoms with van der Waals surface area (Å²) in [5.74, 6) is -0.566. The smallest absolute Gasteiger partial charge is 0.420 e. The van der Waals surface area contributed by atoms with Crippen LogP contribution in [0, 0.1) is 0 Å². The van der Waals surface area contributed by atoms with Crippen LogP contribution in [0.2, 0.25) is 0 Å². The monoisotopic (exact) mass is 281 g/mol. The minimum absolute atomic E-state index is 0.566. The lowest BCUT2D eigenvalue weighted by Gasteiger charge is -2.11. The van der Waals surface area contributed by atoms with Crippen LogP contribution in [-0.2, 0) is 14.8 Å². The zero-order valence-corrected chi connectivity index (χ0v) is 9.91. The molecule has 18 heavy (non-hydrogen) atoms. The third-order valence-corrected chi connectivity index (χ3v) is 3.11. The number of hydrogen-bond donors (Lipinski definition) is 1. The predicted molar refractivity (Wildman–Crippen MR) is 55.8 cm³/mol. The highest BCUT2D eigenvalue weighted by Crippen LogP contribution is 2.24. The fourth-order valence-corrected chi connectivity index (χ4v) is 2.12. The first-order chi connectivity index (χ1) is 8.36. The zero-order valence-electron chi connectivity index (χ0n) is 9.09. The van der Waals surface area contributed by atoms with Crippen LogP contribution in [0.5, 0.6) is 5.75 Å². The summed E-state index contributed by atoms with van der Waals surface area (Å²) in [7, 11) is -3.37. The van der Waals surface area contributed by atoms with Crippen molar-refractivity contribution in [3.63, 3.8) is 0 Å². The largest absolute Gasteiger partial charge is 0.452 e. The number of hydrogen-bond acceptors (Lipinski definition) is 5. The Morgan fingerprint density at radius 3 is 2.50 bits per heavy atom. The summed E-state index contributed by atoms with van der Waals surface area (Å²) < 4.78 is 57.2. The van der Waals surface area contributed by atoms with Crippen LogP contribution in [-0.4, -0.2) is 28.2 Å². The SMILES string of the molecule is COC(=O)NS(=O)(=O)c1ccccc1OC(F)F. The van der Waals surface area contributed by atoms with Crippen LogP contribution >= 0.6 is 0 Å². The molecule has 0 fully saturated rings. The van der Waals surface area contributed by atoms with Gasteiger partial charge in [0.15, 0.2) is 0 Å². The summed E-state index contributed by atoms with van der Waals surface area (Å²) in [4.78, 5) is 10.2. The Morgan fingerprint density at radius 1 is 1.33 bits per heavy atom. The number of sulfonamides is 1. The lowest BCUT2D eigenvalue weighted by Crippen LogP contribution is -2.30. The molecule has 6 nitrogen and oxygen atoms in total. The topological polar surface area (TPSA) is 81.7 Å². The van der Waals surface area contributed by atoms with E-state index in [0.717, 1.165) is 19.2 Å². The van der Waals surface area contributed by atoms with Gasteiger partial charge in [-0.3, -0.25) is 0 Å². The number of carbonyl (C=O) groups excluding carboxylic acids is 1. The Morgan fingerprint density at radius 2 is 1.94 bits per heavy atom. The number of halogens is 2. The van der Waals surface area contributed by atoms with Crippen molar-refractivity contribution in [2.24, 2.45) is 0 Å². The maximum Gasteiger partial charge on any atom is 0.420 e. The summed E-state index contributed by atoms with van der Waals surface area (Å²) in [6, 6.07) is 4.67. The van der Waals surface area contributed by atoms with E-state index >= 15 is 0 Å². The highest BCUT2D eigenvalue weighted by molar-refractivity contribution is 7.90. The Kier molecular flexibility index (Phi) is 4.43. The molecule has 0 atom stereocenters. The molecule has 0 aromatic heterocycles. The van der Waals surface area contributed by atoms with E-state index in [1.54, 1.807) is 0 Å². The minimum atomic E-state index is -4.33. The van der Waals surface area contributed by atoms with Gasteiger partial charge in [0, 0.05) is 0 Å². The van der Waals surface area contributed by atoms with Crippen molar-refractivity contribution in [1.82, 2.24) is 4.72 Å². The van der Waals surface area contributed by atoms with Crippen LogP contribution in [0.1, 0.15) is 0 Å². The minimum Gasteiger partial charge on any atom is -0.452 e. The Labute approximate surface area is 102 Å². The molecule has 9 heteroatoms. The van der Waals surface area contributed by atoms with Gasteiger partial charge in [0.25, 0.3) is 10.0 Å². The van der Waals surface area contributed by atoms with Gasteiger partial charge >= 0.3 is 12.7 Å². The number of para-hydroxylation sites is 1. The van der Waals surface area contributed by atoms with Crippen molar-refractivity contribution in [2.75, 3.05) is 7.11 Å². The molecule has 0 spiro atoms. The lowest BCUT2D eigenvalue weighted by molar-refractivity contribution is -0.0517. The van der Waals surface area contributed by atoms with Crippen LogP contribution in [0.3, 0.4) is 0 Å². The first-order valence-corrected chi connectivity index (χ1v) is 5.99. The van der Waals surface area contributed by atoms with E-state index in [2.05, 4.69) is 9.47 Å². The zero-order chi connectivity index (χ0) is 13.8. The third kappa shape index (κ3) is 3.55. The fourth-order valence-electron chi connectivity index (χ4n) is 1.07. The molecule has 0 aliphatic rings. The van der Waals surface area contributed by atoms with Crippen molar-refractivity contribution < 1.29 is 31.5 Å². The average Bonchev–Trinajstić information content (AvgIpc) is 2.28. The molecule has 0 unspecified atom stereocenters. The summed E-state index contributed by atoms with van der Waals surface area (Å²) in [6.45, 7) is -3.18. The Balaban J connectivity index is 3.12. The molecule has 0 bridgehead atoms. The molecule has 1 amide bonds. The van der Waals surface area contributed by atoms with Crippen LogP contribution in [0.25, 0.3) is 0 Å². The molecule has 0 aliphatic heterocycles. The van der Waals surface area contributed by atoms with Crippen LogP contribution in [0.4, 0.5) is 13.6 Å². The maximum atomic E-state index is 12.1. The van der Waals surface area contributed by atoms with Gasteiger partial charge in [-0.15, -0.1) is 0 Å². The molecule has 1 N–H and O–H groups in total. The molecule has 0 aliphatic carbocycles. The predicted octanol–water partition coefficient (Wildman–Crippen LogP) is 1.33. The summed E-state index contributed by atoms with van der Waals surface area (Å²) >= 11 is 0. The van der Waals surface area contributed by atoms with Crippen molar-refractivity contribution in [1.29, 1.82) is 0 Å². The Bertz CT molecular complexity index is 532. The summed E-state index contributed by atoms with van der Waals surface area (Å²) in [6.07, 6.45) is -1.23. The average molecular weight is 281 g/mol. The van der Waals surface area contributed by atoms with Gasteiger partial charge in [0.1, 0.15) is 10.6 Å². The number of benzene rings is 1. The van der Waals surface area contributed by atoms with E-state index in [4.69, 9.17) is 0 Å². The van der Waals surface area contributed by atoms with E-state index in [-0.39, 0.29) is 0 Å². The molecule has 100 valence electrons. The number of rotatable bonds is 4. The van der Waals surface area contributed by atoms with Crippen molar-refractivity contribution in [3.8, 4) is 5.75 Å². The fraction of sp³-hybridized carbons (Fsp3) is 0.222. The summed E-state index contributed by atoms with van der Waals surface area (Å²) in [5.41, 5.74) is 0. The molecule has 1 rings (SSSR count). The van der Waals surface area contributed by atoms with Gasteiger partial charge in [0.2, 0.25) is 0 Å². The number of alkyl halides is 2. The van der Waals surface area contributed by atoms with Crippen molar-refractivity contribution in [2.45, 2.75) is 11.5 Å². The van der Waals surface area contributed by atoms with Crippen LogP contribution in [0.15, 0.2) is 29.2 Å². The molecule has 0 heterocycles. The lowest BCUT2D eigenvalue weighted by atomic mass is 10.3. The number of methoxy groups -OCH3 is 1. The number of amides is 1. The van der Waals surface area contributed by atoms with Gasteiger partial charge in [-0.05, 0) is 12.1 Å². The number of nitrogens with one attached hydrogen (secondary N) is 1. The first kappa shape index (κ1) is 14.2. The van der Waals surface area contributed by atoms with E-state index in [9.17, 15) is 22.0 Å². The normalized spacial score (nSPS) is 11.1. The molecule has 0 radical (unpaired) electrons. The third-order valence-electron chi connectivity index (χ3n) is 1.76. The molecular formula is C9H9F2NO5S. The van der Waals surface area contributed by atoms with E-state index in [0.29, 0.717) is 0 Å². The molecule has 1 aromatic rings. The van der Waals surface area contributed by atoms with Gasteiger partial charge < -0.3 is 9.47 Å². The molecule has 0 saturated heterocycles. The van der Waals surface area contributed by atoms with Crippen molar-refractivity contribution >= 4 is 16.1 Å².